The molecule has 2 aromatic rings. The number of pyridine rings is 1. The van der Waals surface area contributed by atoms with Gasteiger partial charge in [-0.2, -0.15) is 0 Å². The van der Waals surface area contributed by atoms with Crippen LogP contribution in [0.2, 0.25) is 0 Å². The number of hydrogen-bond donors (Lipinski definition) is 1. The molecule has 33 heavy (non-hydrogen) atoms. The maximum atomic E-state index is 14.0. The topological polar surface area (TPSA) is 104 Å². The van der Waals surface area contributed by atoms with Crippen molar-refractivity contribution in [1.29, 1.82) is 0 Å². The number of carbonyl (C=O) groups excluding carboxylic acids is 3. The number of hydrogen-bond acceptors (Lipinski definition) is 6. The summed E-state index contributed by atoms with van der Waals surface area (Å²) >= 11 is 0. The van der Waals surface area contributed by atoms with Crippen LogP contribution in [0.4, 0.5) is 10.6 Å². The fourth-order valence-electron chi connectivity index (χ4n) is 5.67. The largest absolute Gasteiger partial charge is 0.352 e. The van der Waals surface area contributed by atoms with Crippen molar-refractivity contribution in [3.63, 3.8) is 0 Å². The van der Waals surface area contributed by atoms with E-state index in [1.165, 1.54) is 4.40 Å². The molecule has 9 heteroatoms. The zero-order valence-corrected chi connectivity index (χ0v) is 19.3. The fraction of sp³-hybridized carbons (Fsp3) is 0.542. The second-order valence-electron chi connectivity index (χ2n) is 9.88. The molecule has 0 aromatic carbocycles. The number of carbonyl (C=O) groups is 3. The van der Waals surface area contributed by atoms with E-state index in [2.05, 4.69) is 5.32 Å². The second kappa shape index (κ2) is 7.67. The van der Waals surface area contributed by atoms with Crippen LogP contribution >= 0.6 is 0 Å². The van der Waals surface area contributed by atoms with Crippen LogP contribution < -0.4 is 15.8 Å². The number of rotatable bonds is 2. The van der Waals surface area contributed by atoms with E-state index in [1.54, 1.807) is 12.3 Å². The van der Waals surface area contributed by atoms with Crippen LogP contribution in [-0.4, -0.2) is 51.3 Å². The highest BCUT2D eigenvalue weighted by Gasteiger charge is 2.62. The van der Waals surface area contributed by atoms with Gasteiger partial charge in [-0.15, -0.1) is 0 Å². The molecule has 5 heterocycles. The van der Waals surface area contributed by atoms with E-state index < -0.39 is 29.3 Å². The van der Waals surface area contributed by atoms with Crippen LogP contribution in [0, 0.1) is 18.3 Å². The van der Waals surface area contributed by atoms with Crippen molar-refractivity contribution in [2.75, 3.05) is 18.0 Å². The first kappa shape index (κ1) is 21.6. The molecule has 174 valence electrons. The second-order valence-corrected chi connectivity index (χ2v) is 9.88. The quantitative estimate of drug-likeness (QED) is 0.701. The molecule has 3 aliphatic heterocycles. The van der Waals surface area contributed by atoms with Gasteiger partial charge in [-0.3, -0.25) is 29.0 Å². The van der Waals surface area contributed by atoms with E-state index in [4.69, 9.17) is 4.98 Å². The number of barbiturate groups is 1. The predicted octanol–water partition coefficient (Wildman–Crippen LogP) is 2.03. The summed E-state index contributed by atoms with van der Waals surface area (Å²) in [5.41, 5.74) is 0.0201. The summed E-state index contributed by atoms with van der Waals surface area (Å²) in [6.07, 6.45) is 4.94. The van der Waals surface area contributed by atoms with Crippen LogP contribution in [0.5, 0.6) is 0 Å². The standard InChI is InChI=1S/C24H29N5O4/c1-14(2)13-29-22(32)24(21(31)26-23(29)33)12-16-19(27-10-6-4-5-9-17(24)27)25-18-15(3)8-7-11-28(18)20(16)30/h7-8,11,14,17H,4-6,9-10,12-13H2,1-3H3,(H,26,31,33)/t17-,24+/m1/s1. The van der Waals surface area contributed by atoms with Gasteiger partial charge in [-0.1, -0.05) is 32.8 Å². The monoisotopic (exact) mass is 451 g/mol. The number of anilines is 1. The fourth-order valence-corrected chi connectivity index (χ4v) is 5.67. The number of imide groups is 2. The van der Waals surface area contributed by atoms with Crippen molar-refractivity contribution < 1.29 is 14.4 Å². The van der Waals surface area contributed by atoms with E-state index in [-0.39, 0.29) is 24.4 Å². The lowest BCUT2D eigenvalue weighted by atomic mass is 9.68. The Morgan fingerprint density at radius 1 is 1.18 bits per heavy atom. The maximum absolute atomic E-state index is 14.0. The Hall–Kier alpha value is -3.23. The van der Waals surface area contributed by atoms with E-state index in [1.807, 2.05) is 31.7 Å². The number of amides is 4. The average molecular weight is 452 g/mol. The van der Waals surface area contributed by atoms with E-state index >= 15 is 0 Å². The molecule has 4 amide bonds. The Balaban J connectivity index is 1.75. The Morgan fingerprint density at radius 2 is 1.97 bits per heavy atom. The summed E-state index contributed by atoms with van der Waals surface area (Å²) in [5.74, 6) is -0.486. The summed E-state index contributed by atoms with van der Waals surface area (Å²) in [6, 6.07) is 2.55. The minimum atomic E-state index is -1.53. The van der Waals surface area contributed by atoms with Crippen molar-refractivity contribution >= 4 is 29.3 Å². The first-order chi connectivity index (χ1) is 15.8. The summed E-state index contributed by atoms with van der Waals surface area (Å²) in [5, 5.41) is 2.45. The maximum Gasteiger partial charge on any atom is 0.330 e. The van der Waals surface area contributed by atoms with Gasteiger partial charge in [-0.25, -0.2) is 9.78 Å². The molecule has 0 bridgehead atoms. The molecule has 1 N–H and O–H groups in total. The van der Waals surface area contributed by atoms with Crippen LogP contribution in [0.25, 0.3) is 5.65 Å². The van der Waals surface area contributed by atoms with Crippen molar-refractivity contribution in [3.05, 3.63) is 39.8 Å². The van der Waals surface area contributed by atoms with Gasteiger partial charge in [0.2, 0.25) is 11.8 Å². The van der Waals surface area contributed by atoms with E-state index in [0.717, 1.165) is 29.7 Å². The molecule has 0 aliphatic carbocycles. The summed E-state index contributed by atoms with van der Waals surface area (Å²) in [4.78, 5) is 61.7. The van der Waals surface area contributed by atoms with Crippen LogP contribution in [0.3, 0.4) is 0 Å². The number of fused-ring (bicyclic) bond motifs is 5. The molecule has 2 saturated heterocycles. The lowest BCUT2D eigenvalue weighted by molar-refractivity contribution is -0.154. The minimum absolute atomic E-state index is 0.0466. The number of aromatic nitrogens is 2. The normalized spacial score (nSPS) is 25.3. The van der Waals surface area contributed by atoms with Gasteiger partial charge < -0.3 is 4.90 Å². The zero-order valence-electron chi connectivity index (χ0n) is 19.3. The smallest absolute Gasteiger partial charge is 0.330 e. The first-order valence-electron chi connectivity index (χ1n) is 11.7. The molecule has 0 unspecified atom stereocenters. The first-order valence-corrected chi connectivity index (χ1v) is 11.7. The number of nitrogens with one attached hydrogen (secondary N) is 1. The van der Waals surface area contributed by atoms with Gasteiger partial charge in [0, 0.05) is 25.7 Å². The molecule has 1 spiro atoms. The van der Waals surface area contributed by atoms with Gasteiger partial charge in [0.05, 0.1) is 11.6 Å². The highest BCUT2D eigenvalue weighted by atomic mass is 16.2. The van der Waals surface area contributed by atoms with Gasteiger partial charge in [0.1, 0.15) is 11.5 Å². The lowest BCUT2D eigenvalue weighted by Crippen LogP contribution is -2.72. The molecule has 2 aromatic heterocycles. The van der Waals surface area contributed by atoms with Crippen molar-refractivity contribution in [2.24, 2.45) is 11.3 Å². The Bertz CT molecular complexity index is 1240. The van der Waals surface area contributed by atoms with Gasteiger partial charge in [0.25, 0.3) is 5.56 Å². The number of aryl methyl sites for hydroxylation is 1. The molecule has 2 fully saturated rings. The van der Waals surface area contributed by atoms with E-state index in [9.17, 15) is 19.2 Å². The molecular weight excluding hydrogens is 422 g/mol. The average Bonchev–Trinajstić information content (AvgIpc) is 3.03. The Morgan fingerprint density at radius 3 is 2.73 bits per heavy atom. The third-order valence-corrected chi connectivity index (χ3v) is 7.22. The number of nitrogens with zero attached hydrogens (tertiary/aromatic N) is 4. The molecular formula is C24H29N5O4. The Kier molecular flexibility index (Phi) is 5.02. The molecule has 0 saturated carbocycles. The summed E-state index contributed by atoms with van der Waals surface area (Å²) in [7, 11) is 0. The Labute approximate surface area is 191 Å². The molecule has 0 radical (unpaired) electrons. The van der Waals surface area contributed by atoms with Gasteiger partial charge >= 0.3 is 6.03 Å². The van der Waals surface area contributed by atoms with Crippen LogP contribution in [-0.2, 0) is 16.0 Å². The predicted molar refractivity (Wildman–Crippen MR) is 122 cm³/mol. The summed E-state index contributed by atoms with van der Waals surface area (Å²) in [6.45, 7) is 6.57. The van der Waals surface area contributed by atoms with Gasteiger partial charge in [-0.05, 0) is 37.3 Å². The molecule has 3 aliphatic rings. The third kappa shape index (κ3) is 3.08. The van der Waals surface area contributed by atoms with E-state index in [0.29, 0.717) is 30.0 Å². The van der Waals surface area contributed by atoms with Crippen LogP contribution in [0.15, 0.2) is 23.1 Å². The summed E-state index contributed by atoms with van der Waals surface area (Å²) < 4.78 is 1.49. The van der Waals surface area contributed by atoms with Crippen LogP contribution in [0.1, 0.15) is 50.7 Å². The lowest BCUT2D eigenvalue weighted by Gasteiger charge is -2.50. The molecule has 5 rings (SSSR count). The minimum Gasteiger partial charge on any atom is -0.352 e. The highest BCUT2D eigenvalue weighted by molar-refractivity contribution is 6.20. The SMILES string of the molecule is Cc1cccn2c(=O)c3c(nc12)N1CCCCC[C@@H]1[C@@]1(C3)C(=O)NC(=O)N(CC(C)C)C1=O. The molecule has 9 nitrogen and oxygen atoms in total. The molecule has 2 atom stereocenters. The highest BCUT2D eigenvalue weighted by Crippen LogP contribution is 2.45. The van der Waals surface area contributed by atoms with Crippen molar-refractivity contribution in [1.82, 2.24) is 19.6 Å². The van der Waals surface area contributed by atoms with Crippen molar-refractivity contribution in [2.45, 2.75) is 58.9 Å². The zero-order chi connectivity index (χ0) is 23.5. The van der Waals surface area contributed by atoms with Gasteiger partial charge in [0.15, 0.2) is 5.41 Å². The third-order valence-electron chi connectivity index (χ3n) is 7.22. The van der Waals surface area contributed by atoms with Crippen molar-refractivity contribution in [3.8, 4) is 0 Å². The number of urea groups is 1.